The Bertz CT molecular complexity index is 1140. The third-order valence-electron chi connectivity index (χ3n) is 8.01. The van der Waals surface area contributed by atoms with Crippen molar-refractivity contribution in [1.82, 2.24) is 4.90 Å². The van der Waals surface area contributed by atoms with Gasteiger partial charge in [0.2, 0.25) is 0 Å². The molecule has 0 spiro atoms. The van der Waals surface area contributed by atoms with Crippen molar-refractivity contribution < 1.29 is 10.2 Å². The van der Waals surface area contributed by atoms with E-state index in [-0.39, 0.29) is 17.0 Å². The van der Waals surface area contributed by atoms with Crippen LogP contribution in [-0.4, -0.2) is 17.5 Å². The summed E-state index contributed by atoms with van der Waals surface area (Å²) in [5.74, 6) is -0.408. The minimum atomic E-state index is -1.54. The van der Waals surface area contributed by atoms with Gasteiger partial charge in [-0.2, -0.15) is 0 Å². The smallest absolute Gasteiger partial charge is 0.131 e. The molecule has 0 radical (unpaired) electrons. The van der Waals surface area contributed by atoms with Crippen LogP contribution in [0.3, 0.4) is 0 Å². The SMILES string of the molecule is [2H][C@@]1(c2c(F)cc(/C=C/C)cc2F)C2=C(C[C@@H](C)N1CC13CC(C1)C3)c1ccccc1C2. The van der Waals surface area contributed by atoms with Gasteiger partial charge in [0.1, 0.15) is 11.6 Å². The quantitative estimate of drug-likeness (QED) is 0.520. The van der Waals surface area contributed by atoms with Crippen LogP contribution in [0.1, 0.15) is 69.2 Å². The van der Waals surface area contributed by atoms with Crippen LogP contribution in [0.4, 0.5) is 8.78 Å². The third kappa shape index (κ3) is 2.89. The molecule has 7 rings (SSSR count). The number of rotatable bonds is 4. The van der Waals surface area contributed by atoms with E-state index < -0.39 is 17.7 Å². The van der Waals surface area contributed by atoms with E-state index in [1.54, 1.807) is 12.2 Å². The summed E-state index contributed by atoms with van der Waals surface area (Å²) in [5, 5.41) is 0. The van der Waals surface area contributed by atoms with Crippen molar-refractivity contribution in [1.29, 1.82) is 0 Å². The first-order valence-corrected chi connectivity index (χ1v) is 11.5. The number of benzene rings is 2. The molecule has 2 aromatic carbocycles. The summed E-state index contributed by atoms with van der Waals surface area (Å²) in [6.45, 7) is 4.71. The van der Waals surface area contributed by atoms with Gasteiger partial charge in [-0.1, -0.05) is 36.4 Å². The standard InChI is InChI=1S/C28H29F2N/c1-3-6-18-10-24(29)26(25(30)11-18)27-23-12-20-7-4-5-8-21(20)22(23)9-17(2)31(27)16-28-13-19(14-28)15-28/h3-8,10-11,17,19,27H,9,12-16H2,1-2H3/b6-3+/t17-,19?,27+,28?/m1/s1/i27D. The molecule has 4 aliphatic carbocycles. The van der Waals surface area contributed by atoms with Crippen LogP contribution in [0.15, 0.2) is 48.0 Å². The van der Waals surface area contributed by atoms with Gasteiger partial charge in [-0.05, 0) is 97.3 Å². The third-order valence-corrected chi connectivity index (χ3v) is 8.01. The molecule has 0 saturated heterocycles. The highest BCUT2D eigenvalue weighted by Gasteiger charge is 2.58. The summed E-state index contributed by atoms with van der Waals surface area (Å²) >= 11 is 0. The molecule has 0 amide bonds. The van der Waals surface area contributed by atoms with Crippen molar-refractivity contribution in [2.75, 3.05) is 6.54 Å². The Balaban J connectivity index is 1.54. The minimum Gasteiger partial charge on any atom is -0.289 e. The van der Waals surface area contributed by atoms with Gasteiger partial charge in [0, 0.05) is 18.2 Å². The Hall–Kier alpha value is -2.26. The fourth-order valence-corrected chi connectivity index (χ4v) is 6.54. The first-order valence-electron chi connectivity index (χ1n) is 12.0. The van der Waals surface area contributed by atoms with E-state index in [1.807, 2.05) is 19.1 Å². The van der Waals surface area contributed by atoms with Crippen LogP contribution >= 0.6 is 0 Å². The molecular weight excluding hydrogens is 388 g/mol. The van der Waals surface area contributed by atoms with Gasteiger partial charge >= 0.3 is 0 Å². The Morgan fingerprint density at radius 1 is 1.16 bits per heavy atom. The highest BCUT2D eigenvalue weighted by Crippen LogP contribution is 2.65. The van der Waals surface area contributed by atoms with E-state index in [2.05, 4.69) is 24.0 Å². The van der Waals surface area contributed by atoms with Gasteiger partial charge < -0.3 is 0 Å². The van der Waals surface area contributed by atoms with Crippen LogP contribution < -0.4 is 0 Å². The van der Waals surface area contributed by atoms with Gasteiger partial charge in [0.25, 0.3) is 0 Å². The molecule has 5 aliphatic rings. The van der Waals surface area contributed by atoms with Crippen molar-refractivity contribution in [2.45, 2.75) is 58.0 Å². The summed E-state index contributed by atoms with van der Waals surface area (Å²) in [5.41, 5.74) is 4.93. The predicted molar refractivity (Wildman–Crippen MR) is 121 cm³/mol. The van der Waals surface area contributed by atoms with Crippen molar-refractivity contribution in [3.05, 3.63) is 81.9 Å². The van der Waals surface area contributed by atoms with Crippen molar-refractivity contribution in [3.63, 3.8) is 0 Å². The lowest BCUT2D eigenvalue weighted by Gasteiger charge is -2.64. The van der Waals surface area contributed by atoms with Gasteiger partial charge in [-0.3, -0.25) is 4.90 Å². The first-order chi connectivity index (χ1) is 15.3. The first kappa shape index (κ1) is 18.3. The average molecular weight is 419 g/mol. The Kier molecular flexibility index (Phi) is 4.06. The molecule has 1 heterocycles. The fourth-order valence-electron chi connectivity index (χ4n) is 6.54. The number of nitrogens with zero attached hydrogens (tertiary/aromatic N) is 1. The zero-order valence-corrected chi connectivity index (χ0v) is 18.2. The van der Waals surface area contributed by atoms with E-state index >= 15 is 8.78 Å². The molecule has 160 valence electrons. The number of fused-ring (bicyclic) bond motifs is 2. The van der Waals surface area contributed by atoms with Gasteiger partial charge in [-0.25, -0.2) is 8.78 Å². The van der Waals surface area contributed by atoms with Crippen molar-refractivity contribution >= 4 is 11.6 Å². The normalized spacial score (nSPS) is 34.3. The second-order valence-corrected chi connectivity index (χ2v) is 10.2. The van der Waals surface area contributed by atoms with Gasteiger partial charge in [0.05, 0.1) is 7.39 Å². The highest BCUT2D eigenvalue weighted by atomic mass is 19.1. The van der Waals surface area contributed by atoms with Crippen LogP contribution in [0, 0.1) is 23.0 Å². The van der Waals surface area contributed by atoms with Gasteiger partial charge in [0.15, 0.2) is 0 Å². The van der Waals surface area contributed by atoms with E-state index in [0.717, 1.165) is 35.6 Å². The average Bonchev–Trinajstić information content (AvgIpc) is 3.05. The largest absolute Gasteiger partial charge is 0.289 e. The molecule has 3 fully saturated rings. The molecule has 3 heteroatoms. The fraction of sp³-hybridized carbons (Fsp3) is 0.429. The molecular formula is C28H29F2N. The summed E-state index contributed by atoms with van der Waals surface area (Å²) in [4.78, 5) is 2.13. The number of hydrogen-bond donors (Lipinski definition) is 0. The van der Waals surface area contributed by atoms with Crippen molar-refractivity contribution in [2.24, 2.45) is 11.3 Å². The molecule has 31 heavy (non-hydrogen) atoms. The second-order valence-electron chi connectivity index (χ2n) is 10.2. The van der Waals surface area contributed by atoms with Crippen LogP contribution in [0.5, 0.6) is 0 Å². The molecule has 2 bridgehead atoms. The zero-order valence-electron chi connectivity index (χ0n) is 19.2. The highest BCUT2D eigenvalue weighted by molar-refractivity contribution is 5.79. The van der Waals surface area contributed by atoms with Crippen LogP contribution in [0.2, 0.25) is 0 Å². The monoisotopic (exact) mass is 418 g/mol. The Labute approximate surface area is 184 Å². The lowest BCUT2D eigenvalue weighted by Crippen LogP contribution is -2.59. The predicted octanol–water partition coefficient (Wildman–Crippen LogP) is 6.94. The molecule has 0 aromatic heterocycles. The molecule has 1 nitrogen and oxygen atoms in total. The Morgan fingerprint density at radius 3 is 2.52 bits per heavy atom. The number of allylic oxidation sites excluding steroid dienone is 1. The molecule has 3 saturated carbocycles. The zero-order chi connectivity index (χ0) is 22.3. The Morgan fingerprint density at radius 2 is 1.87 bits per heavy atom. The maximum Gasteiger partial charge on any atom is 0.131 e. The summed E-state index contributed by atoms with van der Waals surface area (Å²) in [6.07, 6.45) is 8.48. The van der Waals surface area contributed by atoms with Gasteiger partial charge in [-0.15, -0.1) is 0 Å². The molecule has 2 aromatic rings. The molecule has 1 aliphatic heterocycles. The molecule has 0 N–H and O–H groups in total. The van der Waals surface area contributed by atoms with E-state index in [1.165, 1.54) is 37.0 Å². The topological polar surface area (TPSA) is 3.24 Å². The number of hydrogen-bond acceptors (Lipinski definition) is 1. The van der Waals surface area contributed by atoms with Crippen LogP contribution in [-0.2, 0) is 6.42 Å². The molecule has 0 unspecified atom stereocenters. The van der Waals surface area contributed by atoms with E-state index in [9.17, 15) is 1.37 Å². The maximum absolute atomic E-state index is 15.6. The lowest BCUT2D eigenvalue weighted by molar-refractivity contribution is -0.134. The molecule has 2 atom stereocenters. The lowest BCUT2D eigenvalue weighted by atomic mass is 9.44. The van der Waals surface area contributed by atoms with Crippen molar-refractivity contribution in [3.8, 4) is 0 Å². The number of halogens is 2. The second kappa shape index (κ2) is 6.87. The summed E-state index contributed by atoms with van der Waals surface area (Å²) < 4.78 is 41.2. The summed E-state index contributed by atoms with van der Waals surface area (Å²) in [6, 6.07) is 9.50. The van der Waals surface area contributed by atoms with E-state index in [0.29, 0.717) is 12.0 Å². The minimum absolute atomic E-state index is 0.0421. The maximum atomic E-state index is 15.6. The van der Waals surface area contributed by atoms with E-state index in [4.69, 9.17) is 0 Å². The summed E-state index contributed by atoms with van der Waals surface area (Å²) in [7, 11) is 0. The van der Waals surface area contributed by atoms with Crippen LogP contribution in [0.25, 0.3) is 11.6 Å².